The van der Waals surface area contributed by atoms with Crippen molar-refractivity contribution in [3.63, 3.8) is 0 Å². The van der Waals surface area contributed by atoms with Crippen molar-refractivity contribution in [2.75, 3.05) is 0 Å². The van der Waals surface area contributed by atoms with Crippen molar-refractivity contribution in [1.29, 1.82) is 0 Å². The third-order valence-corrected chi connectivity index (χ3v) is 0.841. The summed E-state index contributed by atoms with van der Waals surface area (Å²) in [7, 11) is 0. The summed E-state index contributed by atoms with van der Waals surface area (Å²) < 4.78 is 79.2. The van der Waals surface area contributed by atoms with Gasteiger partial charge in [0.25, 0.3) is 0 Å². The fraction of sp³-hybridized carbons (Fsp3) is 0.500. The standard InChI is InChI=1S/C4H3BF7/c6-3(5(10,11)12)1-2-4(7,8)9/h1H,2H2/q-1/b3-1-. The molecule has 0 aliphatic heterocycles. The van der Waals surface area contributed by atoms with Crippen molar-refractivity contribution in [1.82, 2.24) is 0 Å². The average Bonchev–Trinajstić information content (AvgIpc) is 1.78. The Balaban J connectivity index is 4.21. The molecule has 0 bridgehead atoms. The number of hydrogen-bond donors (Lipinski definition) is 0. The van der Waals surface area contributed by atoms with Crippen molar-refractivity contribution >= 4 is 6.98 Å². The lowest BCUT2D eigenvalue weighted by Gasteiger charge is -2.11. The molecule has 0 saturated heterocycles. The molecule has 0 nitrogen and oxygen atoms in total. The lowest BCUT2D eigenvalue weighted by Crippen LogP contribution is -2.17. The highest BCUT2D eigenvalue weighted by Crippen LogP contribution is 2.26. The molecular formula is C4H3BF7-. The van der Waals surface area contributed by atoms with Gasteiger partial charge in [-0.1, -0.05) is 6.08 Å². The highest BCUT2D eigenvalue weighted by molar-refractivity contribution is 6.65. The van der Waals surface area contributed by atoms with Crippen molar-refractivity contribution in [3.8, 4) is 0 Å². The Kier molecular flexibility index (Phi) is 3.17. The number of hydrogen-bond acceptors (Lipinski definition) is 0. The Morgan fingerprint density at radius 3 is 1.83 bits per heavy atom. The molecule has 0 aromatic rings. The molecule has 0 unspecified atom stereocenters. The number of halogens is 7. The molecule has 0 saturated carbocycles. The van der Waals surface area contributed by atoms with E-state index in [1.807, 2.05) is 0 Å². The van der Waals surface area contributed by atoms with Crippen LogP contribution in [0.15, 0.2) is 11.8 Å². The Morgan fingerprint density at radius 1 is 1.17 bits per heavy atom. The molecule has 0 aliphatic carbocycles. The van der Waals surface area contributed by atoms with E-state index in [1.54, 1.807) is 0 Å². The molecule has 0 heterocycles. The van der Waals surface area contributed by atoms with Gasteiger partial charge in [0.15, 0.2) is 0 Å². The van der Waals surface area contributed by atoms with Crippen LogP contribution in [0.1, 0.15) is 6.42 Å². The van der Waals surface area contributed by atoms with E-state index in [4.69, 9.17) is 0 Å². The molecule has 12 heavy (non-hydrogen) atoms. The summed E-state index contributed by atoms with van der Waals surface area (Å²) in [6, 6.07) is 0. The number of allylic oxidation sites excluding steroid dienone is 1. The maximum Gasteiger partial charge on any atom is 0.537 e. The third kappa shape index (κ3) is 5.03. The SMILES string of the molecule is F/C(=C\CC(F)(F)F)[B-](F)(F)F. The van der Waals surface area contributed by atoms with Crippen LogP contribution in [0.4, 0.5) is 30.5 Å². The van der Waals surface area contributed by atoms with Crippen LogP contribution in [-0.2, 0) is 0 Å². The van der Waals surface area contributed by atoms with Crippen LogP contribution >= 0.6 is 0 Å². The van der Waals surface area contributed by atoms with Gasteiger partial charge in [-0.3, -0.25) is 0 Å². The first-order valence-electron chi connectivity index (χ1n) is 2.75. The summed E-state index contributed by atoms with van der Waals surface area (Å²) in [5.74, 6) is 0. The summed E-state index contributed by atoms with van der Waals surface area (Å²) in [5.41, 5.74) is -2.66. The fourth-order valence-corrected chi connectivity index (χ4v) is 0.347. The van der Waals surface area contributed by atoms with Gasteiger partial charge in [0.1, 0.15) is 0 Å². The van der Waals surface area contributed by atoms with Gasteiger partial charge in [0.2, 0.25) is 0 Å². The Labute approximate surface area is 63.1 Å². The Bertz CT molecular complexity index is 175. The zero-order valence-corrected chi connectivity index (χ0v) is 5.51. The van der Waals surface area contributed by atoms with Crippen LogP contribution in [0, 0.1) is 0 Å². The molecule has 72 valence electrons. The van der Waals surface area contributed by atoms with Gasteiger partial charge in [0.05, 0.1) is 6.42 Å². The minimum Gasteiger partial charge on any atom is -0.443 e. The summed E-state index contributed by atoms with van der Waals surface area (Å²) >= 11 is 0. The molecule has 0 aromatic heterocycles. The quantitative estimate of drug-likeness (QED) is 0.468. The lowest BCUT2D eigenvalue weighted by molar-refractivity contribution is -0.125. The van der Waals surface area contributed by atoms with Crippen molar-refractivity contribution < 1.29 is 30.5 Å². The van der Waals surface area contributed by atoms with E-state index in [0.29, 0.717) is 0 Å². The highest BCUT2D eigenvalue weighted by Gasteiger charge is 2.32. The normalized spacial score (nSPS) is 15.1. The molecule has 0 atom stereocenters. The van der Waals surface area contributed by atoms with E-state index in [-0.39, 0.29) is 0 Å². The van der Waals surface area contributed by atoms with Gasteiger partial charge in [-0.15, -0.1) is 0 Å². The first-order chi connectivity index (χ1) is 5.13. The van der Waals surface area contributed by atoms with E-state index in [0.717, 1.165) is 0 Å². The van der Waals surface area contributed by atoms with Gasteiger partial charge in [-0.2, -0.15) is 13.2 Å². The lowest BCUT2D eigenvalue weighted by atomic mass is 9.89. The second-order valence-electron chi connectivity index (χ2n) is 1.98. The van der Waals surface area contributed by atoms with E-state index >= 15 is 0 Å². The molecule has 0 rings (SSSR count). The summed E-state index contributed by atoms with van der Waals surface area (Å²) in [4.78, 5) is 0. The van der Waals surface area contributed by atoms with Crippen LogP contribution in [0.25, 0.3) is 0 Å². The van der Waals surface area contributed by atoms with E-state index < -0.39 is 31.4 Å². The Hall–Kier alpha value is -0.685. The molecule has 0 N–H and O–H groups in total. The van der Waals surface area contributed by atoms with Gasteiger partial charge < -0.3 is 12.9 Å². The molecule has 8 heteroatoms. The number of rotatable bonds is 2. The average molecular weight is 195 g/mol. The summed E-state index contributed by atoms with van der Waals surface area (Å²) in [6.45, 7) is -5.93. The second kappa shape index (κ2) is 3.36. The Morgan fingerprint density at radius 2 is 1.58 bits per heavy atom. The maximum atomic E-state index is 11.7. The van der Waals surface area contributed by atoms with E-state index in [9.17, 15) is 30.5 Å². The van der Waals surface area contributed by atoms with Crippen molar-refractivity contribution in [2.24, 2.45) is 0 Å². The van der Waals surface area contributed by atoms with Crippen LogP contribution in [-0.4, -0.2) is 13.2 Å². The smallest absolute Gasteiger partial charge is 0.443 e. The van der Waals surface area contributed by atoms with Crippen LogP contribution < -0.4 is 0 Å². The van der Waals surface area contributed by atoms with Gasteiger partial charge in [0, 0.05) is 5.73 Å². The zero-order valence-electron chi connectivity index (χ0n) is 5.51. The second-order valence-corrected chi connectivity index (χ2v) is 1.98. The highest BCUT2D eigenvalue weighted by atomic mass is 19.4. The molecule has 0 aromatic carbocycles. The molecule has 0 spiro atoms. The molecule has 0 fully saturated rings. The van der Waals surface area contributed by atoms with Crippen LogP contribution in [0.5, 0.6) is 0 Å². The van der Waals surface area contributed by atoms with Crippen molar-refractivity contribution in [2.45, 2.75) is 12.6 Å². The third-order valence-electron chi connectivity index (χ3n) is 0.841. The number of alkyl halides is 3. The minimum atomic E-state index is -5.93. The first kappa shape index (κ1) is 11.3. The minimum absolute atomic E-state index is 0.514. The van der Waals surface area contributed by atoms with Gasteiger partial charge in [-0.25, -0.2) is 4.39 Å². The summed E-state index contributed by atoms with van der Waals surface area (Å²) in [5, 5.41) is 0. The maximum absolute atomic E-state index is 11.7. The first-order valence-corrected chi connectivity index (χ1v) is 2.75. The predicted octanol–water partition coefficient (Wildman–Crippen LogP) is 3.18. The van der Waals surface area contributed by atoms with Crippen LogP contribution in [0.2, 0.25) is 0 Å². The van der Waals surface area contributed by atoms with E-state index in [2.05, 4.69) is 0 Å². The predicted molar refractivity (Wildman–Crippen MR) is 28.9 cm³/mol. The monoisotopic (exact) mass is 195 g/mol. The fourth-order valence-electron chi connectivity index (χ4n) is 0.347. The molecule has 0 radical (unpaired) electrons. The van der Waals surface area contributed by atoms with Crippen LogP contribution in [0.3, 0.4) is 0 Å². The molecular weight excluding hydrogens is 192 g/mol. The van der Waals surface area contributed by atoms with Gasteiger partial charge >= 0.3 is 13.2 Å². The topological polar surface area (TPSA) is 0 Å². The zero-order chi connectivity index (χ0) is 9.99. The van der Waals surface area contributed by atoms with Crippen molar-refractivity contribution in [3.05, 3.63) is 11.8 Å². The van der Waals surface area contributed by atoms with Gasteiger partial charge in [-0.05, 0) is 0 Å². The summed E-state index contributed by atoms with van der Waals surface area (Å²) in [6.07, 6.45) is -7.22. The largest absolute Gasteiger partial charge is 0.537 e. The molecule has 0 amide bonds. The van der Waals surface area contributed by atoms with E-state index in [1.165, 1.54) is 0 Å². The molecule has 0 aliphatic rings.